The van der Waals surface area contributed by atoms with Gasteiger partial charge in [-0.05, 0) is 65.6 Å². The van der Waals surface area contributed by atoms with E-state index >= 15 is 0 Å². The molecule has 0 unspecified atom stereocenters. The lowest BCUT2D eigenvalue weighted by atomic mass is 9.91. The first kappa shape index (κ1) is 17.9. The van der Waals surface area contributed by atoms with E-state index in [4.69, 9.17) is 11.6 Å². The van der Waals surface area contributed by atoms with Crippen molar-refractivity contribution in [1.82, 2.24) is 15.3 Å². The molecule has 0 saturated heterocycles. The summed E-state index contributed by atoms with van der Waals surface area (Å²) < 4.78 is 0.559. The number of halogens is 2. The summed E-state index contributed by atoms with van der Waals surface area (Å²) >= 11 is 9.31. The molecule has 2 fully saturated rings. The molecular weight excluding hydrogens is 418 g/mol. The van der Waals surface area contributed by atoms with Crippen molar-refractivity contribution in [2.24, 2.45) is 11.8 Å². The standard InChI is InChI=1S/C19H19BrClN3O2/c20-17-16(11-1-7-14(21)8-2-11)24-15(9-22-17)18(25)23-10-19(26,12-3-4-12)13-5-6-13/h1-2,7-9,12-13,26H,3-6,10H2,(H,23,25). The molecule has 1 aromatic heterocycles. The highest BCUT2D eigenvalue weighted by atomic mass is 79.9. The zero-order chi connectivity index (χ0) is 18.3. The Labute approximate surface area is 165 Å². The van der Waals surface area contributed by atoms with Gasteiger partial charge in [0.2, 0.25) is 0 Å². The Hall–Kier alpha value is -1.50. The molecule has 2 aliphatic carbocycles. The van der Waals surface area contributed by atoms with Crippen LogP contribution < -0.4 is 5.32 Å². The van der Waals surface area contributed by atoms with Crippen LogP contribution in [0.1, 0.15) is 36.2 Å². The fraction of sp³-hybridized carbons (Fsp3) is 0.421. The first-order valence-electron chi connectivity index (χ1n) is 8.76. The molecular formula is C19H19BrClN3O2. The third-order valence-corrected chi connectivity index (χ3v) is 6.01. The Morgan fingerprint density at radius 2 is 1.85 bits per heavy atom. The highest BCUT2D eigenvalue weighted by molar-refractivity contribution is 9.10. The number of hydrogen-bond acceptors (Lipinski definition) is 4. The number of rotatable bonds is 6. The Bertz CT molecular complexity index is 823. The molecule has 2 aliphatic rings. The average Bonchev–Trinajstić information content (AvgIpc) is 3.51. The van der Waals surface area contributed by atoms with Gasteiger partial charge in [0.05, 0.1) is 11.8 Å². The van der Waals surface area contributed by atoms with Crippen LogP contribution in [0.4, 0.5) is 0 Å². The van der Waals surface area contributed by atoms with Crippen LogP contribution in [0.3, 0.4) is 0 Å². The topological polar surface area (TPSA) is 75.1 Å². The van der Waals surface area contributed by atoms with Gasteiger partial charge in [-0.2, -0.15) is 0 Å². The highest BCUT2D eigenvalue weighted by Gasteiger charge is 2.53. The number of carbonyl (C=O) groups excluding carboxylic acids is 1. The molecule has 0 aliphatic heterocycles. The number of amides is 1. The lowest BCUT2D eigenvalue weighted by Gasteiger charge is -2.28. The third kappa shape index (κ3) is 3.63. The van der Waals surface area contributed by atoms with Crippen LogP contribution in [0.25, 0.3) is 11.3 Å². The summed E-state index contributed by atoms with van der Waals surface area (Å²) in [6.45, 7) is 0.273. The van der Waals surface area contributed by atoms with E-state index in [-0.39, 0.29) is 18.1 Å². The molecule has 0 radical (unpaired) electrons. The molecule has 1 aromatic carbocycles. The van der Waals surface area contributed by atoms with Crippen molar-refractivity contribution in [3.8, 4) is 11.3 Å². The van der Waals surface area contributed by atoms with Gasteiger partial charge in [0, 0.05) is 17.1 Å². The van der Waals surface area contributed by atoms with Gasteiger partial charge in [-0.25, -0.2) is 9.97 Å². The van der Waals surface area contributed by atoms with E-state index in [0.29, 0.717) is 27.2 Å². The molecule has 0 atom stereocenters. The smallest absolute Gasteiger partial charge is 0.271 e. The van der Waals surface area contributed by atoms with Gasteiger partial charge in [0.1, 0.15) is 16.0 Å². The van der Waals surface area contributed by atoms with E-state index in [1.54, 1.807) is 12.1 Å². The predicted octanol–water partition coefficient (Wildman–Crippen LogP) is 3.84. The summed E-state index contributed by atoms with van der Waals surface area (Å²) in [6.07, 6.45) is 5.61. The Kier molecular flexibility index (Phi) is 4.75. The van der Waals surface area contributed by atoms with Crippen molar-refractivity contribution in [3.05, 3.63) is 45.8 Å². The first-order chi connectivity index (χ1) is 12.5. The van der Waals surface area contributed by atoms with Crippen molar-refractivity contribution in [2.45, 2.75) is 31.3 Å². The zero-order valence-electron chi connectivity index (χ0n) is 14.1. The number of hydrogen-bond donors (Lipinski definition) is 2. The van der Waals surface area contributed by atoms with Crippen molar-refractivity contribution in [2.75, 3.05) is 6.54 Å². The molecule has 2 saturated carbocycles. The monoisotopic (exact) mass is 435 g/mol. The molecule has 7 heteroatoms. The predicted molar refractivity (Wildman–Crippen MR) is 103 cm³/mol. The molecule has 1 amide bonds. The van der Waals surface area contributed by atoms with E-state index in [1.165, 1.54) is 6.20 Å². The summed E-state index contributed by atoms with van der Waals surface area (Å²) in [6, 6.07) is 7.20. The van der Waals surface area contributed by atoms with Crippen molar-refractivity contribution < 1.29 is 9.90 Å². The van der Waals surface area contributed by atoms with Gasteiger partial charge in [-0.1, -0.05) is 23.7 Å². The summed E-state index contributed by atoms with van der Waals surface area (Å²) in [4.78, 5) is 21.2. The van der Waals surface area contributed by atoms with E-state index in [2.05, 4.69) is 31.2 Å². The van der Waals surface area contributed by atoms with Crippen molar-refractivity contribution in [3.63, 3.8) is 0 Å². The molecule has 0 bridgehead atoms. The zero-order valence-corrected chi connectivity index (χ0v) is 16.4. The minimum Gasteiger partial charge on any atom is -0.387 e. The normalized spacial score (nSPS) is 17.2. The van der Waals surface area contributed by atoms with Gasteiger partial charge in [0.15, 0.2) is 0 Å². The minimum absolute atomic E-state index is 0.229. The maximum Gasteiger partial charge on any atom is 0.271 e. The van der Waals surface area contributed by atoms with Crippen LogP contribution in [0.15, 0.2) is 35.1 Å². The number of nitrogens with one attached hydrogen (secondary N) is 1. The maximum atomic E-state index is 12.6. The molecule has 26 heavy (non-hydrogen) atoms. The Balaban J connectivity index is 1.51. The molecule has 4 rings (SSSR count). The minimum atomic E-state index is -0.766. The third-order valence-electron chi connectivity index (χ3n) is 5.18. The van der Waals surface area contributed by atoms with E-state index in [1.807, 2.05) is 12.1 Å². The quantitative estimate of drug-likeness (QED) is 0.721. The molecule has 136 valence electrons. The lowest BCUT2D eigenvalue weighted by Crippen LogP contribution is -2.46. The highest BCUT2D eigenvalue weighted by Crippen LogP contribution is 2.51. The second kappa shape index (κ2) is 6.91. The largest absolute Gasteiger partial charge is 0.387 e. The van der Waals surface area contributed by atoms with E-state index in [0.717, 1.165) is 31.2 Å². The SMILES string of the molecule is O=C(NCC(O)(C1CC1)C1CC1)c1cnc(Br)c(-c2ccc(Cl)cc2)n1. The van der Waals surface area contributed by atoms with Gasteiger partial charge >= 0.3 is 0 Å². The fourth-order valence-corrected chi connectivity index (χ4v) is 3.92. The van der Waals surface area contributed by atoms with E-state index in [9.17, 15) is 9.90 Å². The number of benzene rings is 1. The molecule has 5 nitrogen and oxygen atoms in total. The second-order valence-corrected chi connectivity index (χ2v) is 8.31. The summed E-state index contributed by atoms with van der Waals surface area (Å²) in [5.41, 5.74) is 0.856. The maximum absolute atomic E-state index is 12.6. The first-order valence-corrected chi connectivity index (χ1v) is 9.93. The van der Waals surface area contributed by atoms with Gasteiger partial charge in [-0.3, -0.25) is 4.79 Å². The van der Waals surface area contributed by atoms with E-state index < -0.39 is 5.60 Å². The number of nitrogens with zero attached hydrogens (tertiary/aromatic N) is 2. The molecule has 2 aromatic rings. The second-order valence-electron chi connectivity index (χ2n) is 7.12. The number of aliphatic hydroxyl groups is 1. The fourth-order valence-electron chi connectivity index (χ4n) is 3.38. The average molecular weight is 437 g/mol. The van der Waals surface area contributed by atoms with Gasteiger partial charge in [0.25, 0.3) is 5.91 Å². The van der Waals surface area contributed by atoms with Crippen LogP contribution in [0.2, 0.25) is 5.02 Å². The van der Waals surface area contributed by atoms with Crippen LogP contribution >= 0.6 is 27.5 Å². The lowest BCUT2D eigenvalue weighted by molar-refractivity contribution is -0.00326. The van der Waals surface area contributed by atoms with Crippen LogP contribution in [-0.4, -0.2) is 33.1 Å². The summed E-state index contributed by atoms with van der Waals surface area (Å²) in [5.74, 6) is 0.312. The molecule has 1 heterocycles. The Morgan fingerprint density at radius 1 is 1.23 bits per heavy atom. The van der Waals surface area contributed by atoms with Crippen molar-refractivity contribution in [1.29, 1.82) is 0 Å². The van der Waals surface area contributed by atoms with Gasteiger partial charge in [-0.15, -0.1) is 0 Å². The van der Waals surface area contributed by atoms with Gasteiger partial charge < -0.3 is 10.4 Å². The summed E-state index contributed by atoms with van der Waals surface area (Å²) in [5, 5.41) is 14.4. The van der Waals surface area contributed by atoms with Crippen LogP contribution in [0, 0.1) is 11.8 Å². The number of carbonyl (C=O) groups is 1. The molecule has 0 spiro atoms. The van der Waals surface area contributed by atoms with Crippen LogP contribution in [0.5, 0.6) is 0 Å². The van der Waals surface area contributed by atoms with Crippen molar-refractivity contribution >= 4 is 33.4 Å². The van der Waals surface area contributed by atoms with Crippen LogP contribution in [-0.2, 0) is 0 Å². The Morgan fingerprint density at radius 3 is 2.42 bits per heavy atom. The number of aromatic nitrogens is 2. The summed E-state index contributed by atoms with van der Waals surface area (Å²) in [7, 11) is 0. The molecule has 2 N–H and O–H groups in total.